The van der Waals surface area contributed by atoms with Gasteiger partial charge in [-0.15, -0.1) is 0 Å². The van der Waals surface area contributed by atoms with Crippen LogP contribution in [0.1, 0.15) is 36.4 Å². The molecule has 4 rings (SSSR count). The van der Waals surface area contributed by atoms with Gasteiger partial charge in [-0.2, -0.15) is 9.03 Å². The van der Waals surface area contributed by atoms with Crippen molar-refractivity contribution in [3.05, 3.63) is 96.1 Å². The van der Waals surface area contributed by atoms with Crippen LogP contribution in [-0.4, -0.2) is 34.2 Å². The molecular formula is C24H26N2O4S2. The number of hydrogen-bond acceptors (Lipinski definition) is 4. The molecule has 1 aliphatic heterocycles. The van der Waals surface area contributed by atoms with Crippen molar-refractivity contribution in [2.75, 3.05) is 13.1 Å². The number of rotatable bonds is 7. The molecule has 0 radical (unpaired) electrons. The molecule has 0 spiro atoms. The van der Waals surface area contributed by atoms with Crippen LogP contribution in [0.15, 0.2) is 94.7 Å². The summed E-state index contributed by atoms with van der Waals surface area (Å²) in [7, 11) is -7.52. The first-order valence-electron chi connectivity index (χ1n) is 10.6. The monoisotopic (exact) mass is 470 g/mol. The van der Waals surface area contributed by atoms with Gasteiger partial charge in [0.2, 0.25) is 20.0 Å². The fraction of sp³-hybridized carbons (Fsp3) is 0.250. The minimum absolute atomic E-state index is 0.0203. The molecule has 1 fully saturated rings. The molecule has 8 heteroatoms. The molecule has 0 saturated carbocycles. The van der Waals surface area contributed by atoms with Crippen molar-refractivity contribution >= 4 is 20.0 Å². The first-order chi connectivity index (χ1) is 15.4. The van der Waals surface area contributed by atoms with E-state index < -0.39 is 26.1 Å². The zero-order chi connectivity index (χ0) is 22.6. The molecular weight excluding hydrogens is 444 g/mol. The molecule has 0 aromatic heterocycles. The lowest BCUT2D eigenvalue weighted by Gasteiger charge is -2.26. The Bertz CT molecular complexity index is 1200. The van der Waals surface area contributed by atoms with E-state index in [1.165, 1.54) is 28.6 Å². The van der Waals surface area contributed by atoms with Gasteiger partial charge in [0, 0.05) is 13.1 Å². The minimum atomic E-state index is -3.90. The van der Waals surface area contributed by atoms with Crippen LogP contribution in [0.25, 0.3) is 0 Å². The zero-order valence-electron chi connectivity index (χ0n) is 17.6. The lowest BCUT2D eigenvalue weighted by molar-refractivity contribution is 0.346. The molecule has 0 unspecified atom stereocenters. The van der Waals surface area contributed by atoms with E-state index in [4.69, 9.17) is 0 Å². The lowest BCUT2D eigenvalue weighted by Crippen LogP contribution is -2.35. The highest BCUT2D eigenvalue weighted by Gasteiger charge is 2.27. The Hall–Kier alpha value is -2.52. The van der Waals surface area contributed by atoms with E-state index in [0.717, 1.165) is 30.4 Å². The van der Waals surface area contributed by atoms with Gasteiger partial charge in [0.25, 0.3) is 0 Å². The summed E-state index contributed by atoms with van der Waals surface area (Å²) in [5.74, 6) is 0. The van der Waals surface area contributed by atoms with Crippen molar-refractivity contribution in [2.45, 2.75) is 35.1 Å². The molecule has 3 aromatic carbocycles. The Labute approximate surface area is 190 Å². The van der Waals surface area contributed by atoms with Gasteiger partial charge >= 0.3 is 0 Å². The third-order valence-corrected chi connectivity index (χ3v) is 8.98. The molecule has 1 heterocycles. The number of sulfonamides is 2. The fourth-order valence-corrected chi connectivity index (χ4v) is 6.62. The highest BCUT2D eigenvalue weighted by atomic mass is 32.2. The summed E-state index contributed by atoms with van der Waals surface area (Å²) in [5, 5.41) is 0. The van der Waals surface area contributed by atoms with Gasteiger partial charge in [-0.25, -0.2) is 16.8 Å². The van der Waals surface area contributed by atoms with Gasteiger partial charge in [-0.05, 0) is 48.2 Å². The van der Waals surface area contributed by atoms with Crippen LogP contribution < -0.4 is 4.72 Å². The Morgan fingerprint density at radius 3 is 1.59 bits per heavy atom. The Morgan fingerprint density at radius 2 is 1.09 bits per heavy atom. The van der Waals surface area contributed by atoms with Crippen molar-refractivity contribution in [1.82, 2.24) is 9.03 Å². The maximum Gasteiger partial charge on any atom is 0.243 e. The summed E-state index contributed by atoms with van der Waals surface area (Å²) >= 11 is 0. The normalized spacial score (nSPS) is 15.7. The molecule has 1 N–H and O–H groups in total. The third-order valence-electron chi connectivity index (χ3n) is 5.63. The van der Waals surface area contributed by atoms with Gasteiger partial charge in [-0.3, -0.25) is 0 Å². The topological polar surface area (TPSA) is 83.5 Å². The van der Waals surface area contributed by atoms with E-state index in [1.807, 2.05) is 60.7 Å². The van der Waals surface area contributed by atoms with Crippen molar-refractivity contribution in [1.29, 1.82) is 0 Å². The summed E-state index contributed by atoms with van der Waals surface area (Å²) in [4.78, 5) is 0.132. The highest BCUT2D eigenvalue weighted by molar-refractivity contribution is 7.89. The molecule has 3 aromatic rings. The van der Waals surface area contributed by atoms with Gasteiger partial charge < -0.3 is 0 Å². The predicted octanol–water partition coefficient (Wildman–Crippen LogP) is 3.93. The Kier molecular flexibility index (Phi) is 6.76. The highest BCUT2D eigenvalue weighted by Crippen LogP contribution is 2.26. The average molecular weight is 471 g/mol. The van der Waals surface area contributed by atoms with Crippen molar-refractivity contribution < 1.29 is 16.8 Å². The second-order valence-electron chi connectivity index (χ2n) is 7.81. The van der Waals surface area contributed by atoms with Gasteiger partial charge in [0.15, 0.2) is 0 Å². The summed E-state index contributed by atoms with van der Waals surface area (Å²) < 4.78 is 56.3. The number of nitrogens with one attached hydrogen (secondary N) is 1. The average Bonchev–Trinajstić information content (AvgIpc) is 2.84. The van der Waals surface area contributed by atoms with Crippen molar-refractivity contribution in [3.63, 3.8) is 0 Å². The van der Waals surface area contributed by atoms with E-state index in [0.29, 0.717) is 13.1 Å². The summed E-state index contributed by atoms with van der Waals surface area (Å²) in [6.45, 7) is 1.000. The molecule has 0 aliphatic carbocycles. The van der Waals surface area contributed by atoms with Crippen LogP contribution >= 0.6 is 0 Å². The van der Waals surface area contributed by atoms with Crippen LogP contribution in [-0.2, 0) is 20.0 Å². The zero-order valence-corrected chi connectivity index (χ0v) is 19.2. The fourth-order valence-electron chi connectivity index (χ4n) is 3.89. The summed E-state index contributed by atoms with van der Waals surface area (Å²) in [6.07, 6.45) is 2.71. The lowest BCUT2D eigenvalue weighted by atomic mass is 10.00. The third kappa shape index (κ3) is 4.94. The van der Waals surface area contributed by atoms with Gasteiger partial charge in [-0.1, -0.05) is 67.1 Å². The molecule has 0 bridgehead atoms. The summed E-state index contributed by atoms with van der Waals surface area (Å²) in [6, 6.07) is 23.6. The molecule has 168 valence electrons. The number of benzene rings is 3. The van der Waals surface area contributed by atoms with Gasteiger partial charge in [0.05, 0.1) is 15.8 Å². The summed E-state index contributed by atoms with van der Waals surface area (Å²) in [5.41, 5.74) is 1.62. The quantitative estimate of drug-likeness (QED) is 0.567. The minimum Gasteiger partial charge on any atom is -0.207 e. The van der Waals surface area contributed by atoms with Crippen LogP contribution in [0.2, 0.25) is 0 Å². The maximum atomic E-state index is 13.2. The Morgan fingerprint density at radius 1 is 0.625 bits per heavy atom. The van der Waals surface area contributed by atoms with E-state index in [1.54, 1.807) is 0 Å². The standard InChI is InChI=1S/C24H26N2O4S2/c27-31(28,25-24(20-10-4-1-5-11-20)21-12-6-2-7-13-21)22-14-16-23(17-15-22)32(29,30)26-18-8-3-9-19-26/h1-2,4-7,10-17,24-25H,3,8-9,18-19H2. The smallest absolute Gasteiger partial charge is 0.207 e. The molecule has 1 aliphatic rings. The first kappa shape index (κ1) is 22.7. The maximum absolute atomic E-state index is 13.2. The van der Waals surface area contributed by atoms with Crippen LogP contribution in [0.5, 0.6) is 0 Å². The molecule has 32 heavy (non-hydrogen) atoms. The first-order valence-corrected chi connectivity index (χ1v) is 13.5. The largest absolute Gasteiger partial charge is 0.243 e. The van der Waals surface area contributed by atoms with E-state index in [-0.39, 0.29) is 9.79 Å². The number of hydrogen-bond donors (Lipinski definition) is 1. The predicted molar refractivity (Wildman–Crippen MR) is 124 cm³/mol. The molecule has 6 nitrogen and oxygen atoms in total. The van der Waals surface area contributed by atoms with Crippen LogP contribution in [0.4, 0.5) is 0 Å². The van der Waals surface area contributed by atoms with Crippen molar-refractivity contribution in [3.8, 4) is 0 Å². The van der Waals surface area contributed by atoms with Gasteiger partial charge in [0.1, 0.15) is 0 Å². The van der Waals surface area contributed by atoms with Crippen molar-refractivity contribution in [2.24, 2.45) is 0 Å². The number of piperidine rings is 1. The number of nitrogens with zero attached hydrogens (tertiary/aromatic N) is 1. The van der Waals surface area contributed by atoms with Crippen LogP contribution in [0, 0.1) is 0 Å². The molecule has 1 saturated heterocycles. The Balaban J connectivity index is 1.61. The molecule has 0 atom stereocenters. The van der Waals surface area contributed by atoms with E-state index in [9.17, 15) is 16.8 Å². The van der Waals surface area contributed by atoms with Crippen LogP contribution in [0.3, 0.4) is 0 Å². The van der Waals surface area contributed by atoms with E-state index >= 15 is 0 Å². The molecule has 0 amide bonds. The second kappa shape index (κ2) is 9.54. The SMILES string of the molecule is O=S(=O)(NC(c1ccccc1)c1ccccc1)c1ccc(S(=O)(=O)N2CCCCC2)cc1. The van der Waals surface area contributed by atoms with E-state index in [2.05, 4.69) is 4.72 Å². The second-order valence-corrected chi connectivity index (χ2v) is 11.5.